The van der Waals surface area contributed by atoms with Gasteiger partial charge in [-0.1, -0.05) is 0 Å². The maximum absolute atomic E-state index is 5.83. The highest BCUT2D eigenvalue weighted by Crippen LogP contribution is 2.37. The standard InChI is InChI=1S/C13H11N3O3S/c14-6-9-12(15-13-16(9)3-4-20-13)19-8-1-2-10-11(5-8)18-7-17-10/h1-5H,6-7,14H2. The average Bonchev–Trinajstić information content (AvgIpc) is 3.12. The second-order valence-electron chi connectivity index (χ2n) is 4.24. The molecule has 0 radical (unpaired) electrons. The average molecular weight is 289 g/mol. The van der Waals surface area contributed by atoms with E-state index >= 15 is 0 Å². The highest BCUT2D eigenvalue weighted by molar-refractivity contribution is 7.15. The lowest BCUT2D eigenvalue weighted by atomic mass is 10.3. The molecule has 0 fully saturated rings. The van der Waals surface area contributed by atoms with Crippen LogP contribution in [0.25, 0.3) is 4.96 Å². The van der Waals surface area contributed by atoms with Crippen molar-refractivity contribution in [1.82, 2.24) is 9.38 Å². The summed E-state index contributed by atoms with van der Waals surface area (Å²) >= 11 is 1.54. The van der Waals surface area contributed by atoms with Gasteiger partial charge in [0.05, 0.1) is 0 Å². The maximum Gasteiger partial charge on any atom is 0.243 e. The first-order valence-electron chi connectivity index (χ1n) is 6.07. The van der Waals surface area contributed by atoms with E-state index in [1.165, 1.54) is 11.3 Å². The van der Waals surface area contributed by atoms with Gasteiger partial charge < -0.3 is 19.9 Å². The summed E-state index contributed by atoms with van der Waals surface area (Å²) in [5.41, 5.74) is 6.63. The molecule has 0 aliphatic carbocycles. The van der Waals surface area contributed by atoms with Crippen molar-refractivity contribution >= 4 is 16.3 Å². The number of rotatable bonds is 3. The van der Waals surface area contributed by atoms with Gasteiger partial charge in [-0.15, -0.1) is 11.3 Å². The molecule has 1 aliphatic heterocycles. The van der Waals surface area contributed by atoms with Crippen LogP contribution in [0.2, 0.25) is 0 Å². The lowest BCUT2D eigenvalue weighted by molar-refractivity contribution is 0.174. The van der Waals surface area contributed by atoms with Gasteiger partial charge in [0.2, 0.25) is 12.7 Å². The van der Waals surface area contributed by atoms with Crippen LogP contribution in [0.15, 0.2) is 29.8 Å². The molecule has 102 valence electrons. The third-order valence-corrected chi connectivity index (χ3v) is 3.83. The molecule has 2 N–H and O–H groups in total. The lowest BCUT2D eigenvalue weighted by Crippen LogP contribution is -2.01. The van der Waals surface area contributed by atoms with Crippen LogP contribution >= 0.6 is 11.3 Å². The zero-order valence-corrected chi connectivity index (χ0v) is 11.2. The fraction of sp³-hybridized carbons (Fsp3) is 0.154. The number of aromatic nitrogens is 2. The van der Waals surface area contributed by atoms with Gasteiger partial charge in [-0.25, -0.2) is 0 Å². The minimum atomic E-state index is 0.243. The first-order valence-corrected chi connectivity index (χ1v) is 6.95. The van der Waals surface area contributed by atoms with Crippen LogP contribution < -0.4 is 19.9 Å². The smallest absolute Gasteiger partial charge is 0.243 e. The van der Waals surface area contributed by atoms with Gasteiger partial charge in [0.15, 0.2) is 16.5 Å². The number of benzene rings is 1. The molecular weight excluding hydrogens is 278 g/mol. The van der Waals surface area contributed by atoms with Gasteiger partial charge in [-0.05, 0) is 12.1 Å². The molecule has 3 aromatic rings. The molecule has 7 heteroatoms. The molecule has 20 heavy (non-hydrogen) atoms. The quantitative estimate of drug-likeness (QED) is 0.801. The van der Waals surface area contributed by atoms with Crippen molar-refractivity contribution in [2.75, 3.05) is 6.79 Å². The van der Waals surface area contributed by atoms with Crippen molar-refractivity contribution in [1.29, 1.82) is 0 Å². The number of nitrogens with two attached hydrogens (primary N) is 1. The van der Waals surface area contributed by atoms with Crippen LogP contribution in [0.3, 0.4) is 0 Å². The van der Waals surface area contributed by atoms with Crippen molar-refractivity contribution in [2.24, 2.45) is 5.73 Å². The highest BCUT2D eigenvalue weighted by Gasteiger charge is 2.17. The monoisotopic (exact) mass is 289 g/mol. The molecule has 0 amide bonds. The Bertz CT molecular complexity index is 780. The van der Waals surface area contributed by atoms with Crippen molar-refractivity contribution in [3.05, 3.63) is 35.5 Å². The molecule has 0 bridgehead atoms. The lowest BCUT2D eigenvalue weighted by Gasteiger charge is -2.05. The van der Waals surface area contributed by atoms with E-state index in [0.717, 1.165) is 16.4 Å². The summed E-state index contributed by atoms with van der Waals surface area (Å²) in [5, 5.41) is 1.96. The molecule has 0 saturated heterocycles. The molecule has 2 aromatic heterocycles. The first-order chi connectivity index (χ1) is 9.85. The molecule has 0 atom stereocenters. The maximum atomic E-state index is 5.83. The number of hydrogen-bond donors (Lipinski definition) is 1. The third-order valence-electron chi connectivity index (χ3n) is 3.08. The van der Waals surface area contributed by atoms with Gasteiger partial charge in [0.1, 0.15) is 11.4 Å². The van der Waals surface area contributed by atoms with Crippen molar-refractivity contribution in [3.8, 4) is 23.1 Å². The first kappa shape index (κ1) is 11.6. The SMILES string of the molecule is NCc1c(Oc2ccc3c(c2)OCO3)nc2sccn12. The van der Waals surface area contributed by atoms with Gasteiger partial charge in [0, 0.05) is 24.2 Å². The van der Waals surface area contributed by atoms with Crippen molar-refractivity contribution < 1.29 is 14.2 Å². The number of imidazole rings is 1. The Labute approximate surface area is 118 Å². The molecule has 1 aliphatic rings. The fourth-order valence-corrected chi connectivity index (χ4v) is 2.86. The topological polar surface area (TPSA) is 71.0 Å². The Morgan fingerprint density at radius 2 is 2.25 bits per heavy atom. The van der Waals surface area contributed by atoms with Gasteiger partial charge in [-0.3, -0.25) is 4.40 Å². The number of thiazole rings is 1. The summed E-state index contributed by atoms with van der Waals surface area (Å²) in [6, 6.07) is 5.43. The van der Waals surface area contributed by atoms with Gasteiger partial charge in [-0.2, -0.15) is 4.98 Å². The van der Waals surface area contributed by atoms with Crippen molar-refractivity contribution in [3.63, 3.8) is 0 Å². The molecule has 6 nitrogen and oxygen atoms in total. The van der Waals surface area contributed by atoms with Gasteiger partial charge >= 0.3 is 0 Å². The molecular formula is C13H11N3O3S. The molecule has 0 spiro atoms. The number of ether oxygens (including phenoxy) is 3. The Morgan fingerprint density at radius 1 is 1.35 bits per heavy atom. The summed E-state index contributed by atoms with van der Waals surface area (Å²) in [7, 11) is 0. The van der Waals surface area contributed by atoms with Crippen molar-refractivity contribution in [2.45, 2.75) is 6.54 Å². The van der Waals surface area contributed by atoms with E-state index in [1.54, 1.807) is 6.07 Å². The van der Waals surface area contributed by atoms with E-state index < -0.39 is 0 Å². The summed E-state index contributed by atoms with van der Waals surface area (Å²) in [6.45, 7) is 0.602. The number of nitrogens with zero attached hydrogens (tertiary/aromatic N) is 2. The second-order valence-corrected chi connectivity index (χ2v) is 5.11. The number of fused-ring (bicyclic) bond motifs is 2. The van der Waals surface area contributed by atoms with E-state index in [2.05, 4.69) is 4.98 Å². The van der Waals surface area contributed by atoms with E-state index in [1.807, 2.05) is 28.1 Å². The van der Waals surface area contributed by atoms with E-state index in [0.29, 0.717) is 23.9 Å². The van der Waals surface area contributed by atoms with Crippen LogP contribution in [0.5, 0.6) is 23.1 Å². The zero-order chi connectivity index (χ0) is 13.5. The zero-order valence-electron chi connectivity index (χ0n) is 10.4. The van der Waals surface area contributed by atoms with Crippen LogP contribution in [-0.4, -0.2) is 16.2 Å². The number of hydrogen-bond acceptors (Lipinski definition) is 6. The minimum Gasteiger partial charge on any atom is -0.454 e. The van der Waals surface area contributed by atoms with Crippen LogP contribution in [0.1, 0.15) is 5.69 Å². The van der Waals surface area contributed by atoms with Crippen LogP contribution in [0, 0.1) is 0 Å². The third kappa shape index (κ3) is 1.71. The Balaban J connectivity index is 1.71. The molecule has 4 rings (SSSR count). The summed E-state index contributed by atoms with van der Waals surface area (Å²) in [6.07, 6.45) is 1.93. The fourth-order valence-electron chi connectivity index (χ4n) is 2.13. The van der Waals surface area contributed by atoms with Gasteiger partial charge in [0.25, 0.3) is 0 Å². The summed E-state index contributed by atoms with van der Waals surface area (Å²) in [5.74, 6) is 2.58. The summed E-state index contributed by atoms with van der Waals surface area (Å²) < 4.78 is 18.4. The molecule has 1 aromatic carbocycles. The largest absolute Gasteiger partial charge is 0.454 e. The molecule has 3 heterocycles. The van der Waals surface area contributed by atoms with Crippen LogP contribution in [0.4, 0.5) is 0 Å². The van der Waals surface area contributed by atoms with E-state index in [-0.39, 0.29) is 6.79 Å². The molecule has 0 unspecified atom stereocenters. The molecule has 0 saturated carbocycles. The predicted molar refractivity (Wildman–Crippen MR) is 73.6 cm³/mol. The van der Waals surface area contributed by atoms with E-state index in [9.17, 15) is 0 Å². The normalized spacial score (nSPS) is 13.1. The summed E-state index contributed by atoms with van der Waals surface area (Å²) in [4.78, 5) is 5.30. The van der Waals surface area contributed by atoms with Crippen LogP contribution in [-0.2, 0) is 6.54 Å². The van der Waals surface area contributed by atoms with E-state index in [4.69, 9.17) is 19.9 Å². The Hall–Kier alpha value is -2.25. The highest BCUT2D eigenvalue weighted by atomic mass is 32.1. The predicted octanol–water partition coefficient (Wildman–Crippen LogP) is 2.38. The Morgan fingerprint density at radius 3 is 3.15 bits per heavy atom. The minimum absolute atomic E-state index is 0.243. The Kier molecular flexibility index (Phi) is 2.54. The second kappa shape index (κ2) is 4.39.